The van der Waals surface area contributed by atoms with E-state index in [0.29, 0.717) is 12.3 Å². The molecule has 1 aromatic rings. The number of thioether (sulfide) groups is 1. The molecule has 26 heavy (non-hydrogen) atoms. The molecule has 1 aliphatic heterocycles. The Bertz CT molecular complexity index is 569. The molecule has 2 amide bonds. The van der Waals surface area contributed by atoms with Gasteiger partial charge in [-0.2, -0.15) is 0 Å². The SMILES string of the molecule is Cc1ccc(NC(=O)CSCC(=O)NCCCN2CCC(C)CC2)cc1. The molecule has 2 N–H and O–H groups in total. The third kappa shape index (κ3) is 8.23. The Labute approximate surface area is 161 Å². The van der Waals surface area contributed by atoms with Crippen molar-refractivity contribution in [3.8, 4) is 0 Å². The third-order valence-electron chi connectivity index (χ3n) is 4.65. The van der Waals surface area contributed by atoms with Crippen LogP contribution in [0.5, 0.6) is 0 Å². The van der Waals surface area contributed by atoms with Crippen LogP contribution in [-0.4, -0.2) is 54.4 Å². The van der Waals surface area contributed by atoms with Gasteiger partial charge < -0.3 is 15.5 Å². The van der Waals surface area contributed by atoms with Crippen molar-refractivity contribution >= 4 is 29.3 Å². The predicted octanol–water partition coefficient (Wildman–Crippen LogP) is 2.90. The highest BCUT2D eigenvalue weighted by Gasteiger charge is 2.14. The zero-order chi connectivity index (χ0) is 18.8. The number of piperidine rings is 1. The maximum Gasteiger partial charge on any atom is 0.234 e. The van der Waals surface area contributed by atoms with Crippen LogP contribution in [0, 0.1) is 12.8 Å². The van der Waals surface area contributed by atoms with E-state index in [4.69, 9.17) is 0 Å². The molecule has 2 rings (SSSR count). The molecule has 0 aliphatic carbocycles. The minimum absolute atomic E-state index is 0.00500. The number of nitrogens with one attached hydrogen (secondary N) is 2. The number of nitrogens with zero attached hydrogens (tertiary/aromatic N) is 1. The normalized spacial score (nSPS) is 15.6. The van der Waals surface area contributed by atoms with E-state index in [1.807, 2.05) is 31.2 Å². The van der Waals surface area contributed by atoms with Crippen molar-refractivity contribution < 1.29 is 9.59 Å². The molecule has 0 atom stereocenters. The van der Waals surface area contributed by atoms with E-state index in [1.165, 1.54) is 37.7 Å². The molecule has 0 saturated carbocycles. The summed E-state index contributed by atoms with van der Waals surface area (Å²) in [7, 11) is 0. The molecule has 0 bridgehead atoms. The van der Waals surface area contributed by atoms with Gasteiger partial charge in [-0.3, -0.25) is 9.59 Å². The molecule has 1 heterocycles. The summed E-state index contributed by atoms with van der Waals surface area (Å²) in [6, 6.07) is 7.68. The van der Waals surface area contributed by atoms with E-state index in [1.54, 1.807) is 0 Å². The summed E-state index contributed by atoms with van der Waals surface area (Å²) in [6.45, 7) is 8.45. The first-order chi connectivity index (χ1) is 12.5. The summed E-state index contributed by atoms with van der Waals surface area (Å²) in [5, 5.41) is 5.78. The van der Waals surface area contributed by atoms with Crippen molar-refractivity contribution in [2.75, 3.05) is 43.0 Å². The first kappa shape index (κ1) is 20.8. The highest BCUT2D eigenvalue weighted by atomic mass is 32.2. The van der Waals surface area contributed by atoms with Crippen LogP contribution >= 0.6 is 11.8 Å². The lowest BCUT2D eigenvalue weighted by Gasteiger charge is -2.30. The molecule has 1 aromatic carbocycles. The second-order valence-electron chi connectivity index (χ2n) is 7.13. The van der Waals surface area contributed by atoms with E-state index in [2.05, 4.69) is 22.5 Å². The Balaban J connectivity index is 1.49. The number of carbonyl (C=O) groups excluding carboxylic acids is 2. The molecule has 5 nitrogen and oxygen atoms in total. The van der Waals surface area contributed by atoms with Gasteiger partial charge in [0.25, 0.3) is 0 Å². The monoisotopic (exact) mass is 377 g/mol. The Kier molecular flexibility index (Phi) is 8.98. The van der Waals surface area contributed by atoms with Gasteiger partial charge in [0.15, 0.2) is 0 Å². The Morgan fingerprint density at radius 2 is 1.77 bits per heavy atom. The van der Waals surface area contributed by atoms with Gasteiger partial charge in [0.1, 0.15) is 0 Å². The van der Waals surface area contributed by atoms with Crippen LogP contribution < -0.4 is 10.6 Å². The van der Waals surface area contributed by atoms with E-state index in [9.17, 15) is 9.59 Å². The van der Waals surface area contributed by atoms with E-state index >= 15 is 0 Å². The summed E-state index contributed by atoms with van der Waals surface area (Å²) in [6.07, 6.45) is 3.56. The molecular formula is C20H31N3O2S. The molecule has 1 saturated heterocycles. The Morgan fingerprint density at radius 1 is 1.12 bits per heavy atom. The fraction of sp³-hybridized carbons (Fsp3) is 0.600. The highest BCUT2D eigenvalue weighted by Crippen LogP contribution is 2.15. The number of hydrogen-bond donors (Lipinski definition) is 2. The van der Waals surface area contributed by atoms with Crippen LogP contribution in [0.3, 0.4) is 0 Å². The smallest absolute Gasteiger partial charge is 0.234 e. The minimum atomic E-state index is -0.0778. The average Bonchev–Trinajstić information content (AvgIpc) is 2.62. The summed E-state index contributed by atoms with van der Waals surface area (Å²) in [4.78, 5) is 26.2. The van der Waals surface area contributed by atoms with E-state index < -0.39 is 0 Å². The quantitative estimate of drug-likeness (QED) is 0.650. The third-order valence-corrected chi connectivity index (χ3v) is 5.58. The van der Waals surface area contributed by atoms with Crippen LogP contribution in [0.25, 0.3) is 0 Å². The second-order valence-corrected chi connectivity index (χ2v) is 8.12. The topological polar surface area (TPSA) is 61.4 Å². The van der Waals surface area contributed by atoms with Crippen LogP contribution in [0.1, 0.15) is 31.7 Å². The van der Waals surface area contributed by atoms with Crippen molar-refractivity contribution in [3.05, 3.63) is 29.8 Å². The van der Waals surface area contributed by atoms with Gasteiger partial charge in [0, 0.05) is 12.2 Å². The molecule has 0 spiro atoms. The minimum Gasteiger partial charge on any atom is -0.355 e. The molecular weight excluding hydrogens is 346 g/mol. The molecule has 6 heteroatoms. The lowest BCUT2D eigenvalue weighted by Crippen LogP contribution is -2.35. The number of likely N-dealkylation sites (tertiary alicyclic amines) is 1. The van der Waals surface area contributed by atoms with E-state index in [-0.39, 0.29) is 17.6 Å². The molecule has 144 valence electrons. The lowest BCUT2D eigenvalue weighted by molar-refractivity contribution is -0.118. The number of amides is 2. The van der Waals surface area contributed by atoms with Crippen LogP contribution in [0.15, 0.2) is 24.3 Å². The second kappa shape index (κ2) is 11.2. The van der Waals surface area contributed by atoms with Crippen LogP contribution in [0.4, 0.5) is 5.69 Å². The molecule has 1 fully saturated rings. The van der Waals surface area contributed by atoms with Crippen LogP contribution in [-0.2, 0) is 9.59 Å². The Hall–Kier alpha value is -1.53. The molecule has 1 aliphatic rings. The number of anilines is 1. The highest BCUT2D eigenvalue weighted by molar-refractivity contribution is 8.00. The number of rotatable bonds is 9. The fourth-order valence-electron chi connectivity index (χ4n) is 2.94. The van der Waals surface area contributed by atoms with Crippen molar-refractivity contribution in [2.45, 2.75) is 33.1 Å². The van der Waals surface area contributed by atoms with Crippen LogP contribution in [0.2, 0.25) is 0 Å². The van der Waals surface area contributed by atoms with Gasteiger partial charge in [-0.25, -0.2) is 0 Å². The lowest BCUT2D eigenvalue weighted by atomic mass is 9.99. The Morgan fingerprint density at radius 3 is 2.46 bits per heavy atom. The maximum atomic E-state index is 11.9. The van der Waals surface area contributed by atoms with Crippen molar-refractivity contribution in [2.24, 2.45) is 5.92 Å². The standard InChI is InChI=1S/C20H31N3O2S/c1-16-4-6-18(7-5-16)22-20(25)15-26-14-19(24)21-10-3-11-23-12-8-17(2)9-13-23/h4-7,17H,3,8-15H2,1-2H3,(H,21,24)(H,22,25). The number of carbonyl (C=O) groups is 2. The van der Waals surface area contributed by atoms with Gasteiger partial charge in [0.05, 0.1) is 11.5 Å². The number of aryl methyl sites for hydroxylation is 1. The molecule has 0 radical (unpaired) electrons. The van der Waals surface area contributed by atoms with Crippen molar-refractivity contribution in [1.82, 2.24) is 10.2 Å². The largest absolute Gasteiger partial charge is 0.355 e. The van der Waals surface area contributed by atoms with E-state index in [0.717, 1.165) is 30.1 Å². The number of hydrogen-bond acceptors (Lipinski definition) is 4. The summed E-state index contributed by atoms with van der Waals surface area (Å²) >= 11 is 1.34. The van der Waals surface area contributed by atoms with Gasteiger partial charge >= 0.3 is 0 Å². The summed E-state index contributed by atoms with van der Waals surface area (Å²) < 4.78 is 0. The van der Waals surface area contributed by atoms with Gasteiger partial charge in [-0.1, -0.05) is 24.6 Å². The zero-order valence-corrected chi connectivity index (χ0v) is 16.7. The van der Waals surface area contributed by atoms with Crippen molar-refractivity contribution in [3.63, 3.8) is 0 Å². The molecule has 0 unspecified atom stereocenters. The molecule has 0 aromatic heterocycles. The maximum absolute atomic E-state index is 11.9. The summed E-state index contributed by atoms with van der Waals surface area (Å²) in [5.74, 6) is 1.39. The average molecular weight is 378 g/mol. The first-order valence-corrected chi connectivity index (χ1v) is 10.6. The summed E-state index contributed by atoms with van der Waals surface area (Å²) in [5.41, 5.74) is 1.95. The number of benzene rings is 1. The van der Waals surface area contributed by atoms with Gasteiger partial charge in [0.2, 0.25) is 11.8 Å². The fourth-order valence-corrected chi connectivity index (χ4v) is 3.58. The van der Waals surface area contributed by atoms with Crippen molar-refractivity contribution in [1.29, 1.82) is 0 Å². The van der Waals surface area contributed by atoms with Gasteiger partial charge in [-0.15, -0.1) is 11.8 Å². The first-order valence-electron chi connectivity index (χ1n) is 9.46. The van der Waals surface area contributed by atoms with Gasteiger partial charge in [-0.05, 0) is 63.9 Å². The predicted molar refractivity (Wildman–Crippen MR) is 110 cm³/mol. The zero-order valence-electron chi connectivity index (χ0n) is 15.9.